The van der Waals surface area contributed by atoms with Crippen molar-refractivity contribution in [1.29, 1.82) is 0 Å². The number of rotatable bonds is 7. The fraction of sp³-hybridized carbons (Fsp3) is 0.636. The van der Waals surface area contributed by atoms with Gasteiger partial charge < -0.3 is 19.2 Å². The van der Waals surface area contributed by atoms with Gasteiger partial charge in [-0.25, -0.2) is 4.98 Å². The zero-order valence-electron chi connectivity index (χ0n) is 10.4. The van der Waals surface area contributed by atoms with Crippen LogP contribution in [-0.4, -0.2) is 37.8 Å². The van der Waals surface area contributed by atoms with Crippen molar-refractivity contribution in [2.75, 3.05) is 26.9 Å². The van der Waals surface area contributed by atoms with Gasteiger partial charge in [0.25, 0.3) is 0 Å². The molecule has 1 amide bonds. The largest absolute Gasteiger partial charge is 0.444 e. The zero-order valence-corrected chi connectivity index (χ0v) is 10.4. The Morgan fingerprint density at radius 3 is 2.94 bits per heavy atom. The quantitative estimate of drug-likeness (QED) is 0.717. The van der Waals surface area contributed by atoms with Crippen molar-refractivity contribution in [2.24, 2.45) is 0 Å². The number of carbonyl (C=O) groups excluding carboxylic acids is 1. The Morgan fingerprint density at radius 1 is 1.59 bits per heavy atom. The van der Waals surface area contributed by atoms with Gasteiger partial charge in [-0.05, 0) is 13.8 Å². The lowest BCUT2D eigenvalue weighted by atomic mass is 10.3. The first-order valence-corrected chi connectivity index (χ1v) is 5.42. The normalized spacial score (nSPS) is 12.4. The lowest BCUT2D eigenvalue weighted by molar-refractivity contribution is -0.126. The molecule has 0 aliphatic rings. The van der Waals surface area contributed by atoms with Crippen molar-refractivity contribution >= 4 is 5.91 Å². The maximum Gasteiger partial charge on any atom is 0.246 e. The number of oxazole rings is 1. The number of nitrogens with one attached hydrogen (secondary N) is 1. The number of aromatic nitrogens is 1. The molecule has 0 saturated heterocycles. The summed E-state index contributed by atoms with van der Waals surface area (Å²) in [5.74, 6) is 1.01. The molecule has 6 nitrogen and oxygen atoms in total. The number of hydrogen-bond acceptors (Lipinski definition) is 5. The van der Waals surface area contributed by atoms with Gasteiger partial charge >= 0.3 is 0 Å². The van der Waals surface area contributed by atoms with Crippen LogP contribution in [0.15, 0.2) is 10.6 Å². The first-order chi connectivity index (χ1) is 8.13. The molecule has 1 N–H and O–H groups in total. The van der Waals surface area contributed by atoms with Gasteiger partial charge in [-0.2, -0.15) is 0 Å². The van der Waals surface area contributed by atoms with E-state index in [1.54, 1.807) is 27.2 Å². The van der Waals surface area contributed by atoms with E-state index in [-0.39, 0.29) is 18.6 Å². The molecule has 0 fully saturated rings. The average molecular weight is 242 g/mol. The molecule has 0 radical (unpaired) electrons. The van der Waals surface area contributed by atoms with E-state index in [1.165, 1.54) is 0 Å². The lowest BCUT2D eigenvalue weighted by Gasteiger charge is -2.10. The predicted octanol–water partition coefficient (Wildman–Crippen LogP) is 0.823. The minimum atomic E-state index is -0.262. The number of nitrogens with zero attached hydrogens (tertiary/aromatic N) is 1. The molecule has 1 rings (SSSR count). The van der Waals surface area contributed by atoms with Crippen LogP contribution < -0.4 is 5.32 Å². The summed E-state index contributed by atoms with van der Waals surface area (Å²) in [6.07, 6.45) is 1.62. The highest BCUT2D eigenvalue weighted by atomic mass is 16.5. The van der Waals surface area contributed by atoms with Crippen LogP contribution in [0.3, 0.4) is 0 Å². The topological polar surface area (TPSA) is 73.6 Å². The van der Waals surface area contributed by atoms with Gasteiger partial charge in [0, 0.05) is 7.11 Å². The number of methoxy groups -OCH3 is 1. The number of hydrogen-bond donors (Lipinski definition) is 1. The van der Waals surface area contributed by atoms with E-state index >= 15 is 0 Å². The molecule has 1 aromatic rings. The first kappa shape index (κ1) is 13.7. The van der Waals surface area contributed by atoms with Crippen LogP contribution >= 0.6 is 0 Å². The van der Waals surface area contributed by atoms with Gasteiger partial charge in [0.2, 0.25) is 11.8 Å². The lowest BCUT2D eigenvalue weighted by Crippen LogP contribution is -2.30. The van der Waals surface area contributed by atoms with Crippen LogP contribution in [0.2, 0.25) is 0 Å². The monoisotopic (exact) mass is 242 g/mol. The van der Waals surface area contributed by atoms with Crippen LogP contribution in [-0.2, 0) is 14.3 Å². The zero-order chi connectivity index (χ0) is 12.7. The molecule has 1 unspecified atom stereocenters. The molecular formula is C11H18N2O4. The fourth-order valence-corrected chi connectivity index (χ4v) is 1.22. The summed E-state index contributed by atoms with van der Waals surface area (Å²) in [4.78, 5) is 15.5. The molecule has 0 bridgehead atoms. The van der Waals surface area contributed by atoms with Crippen LogP contribution in [0.1, 0.15) is 24.6 Å². The highest BCUT2D eigenvalue weighted by Crippen LogP contribution is 2.11. The second kappa shape index (κ2) is 7.03. The molecule has 0 saturated carbocycles. The first-order valence-electron chi connectivity index (χ1n) is 5.42. The molecule has 0 aliphatic carbocycles. The van der Waals surface area contributed by atoms with Crippen LogP contribution in [0, 0.1) is 6.92 Å². The second-order valence-electron chi connectivity index (χ2n) is 3.64. The molecule has 17 heavy (non-hydrogen) atoms. The van der Waals surface area contributed by atoms with Crippen molar-refractivity contribution < 1.29 is 18.7 Å². The van der Waals surface area contributed by atoms with Crippen molar-refractivity contribution in [2.45, 2.75) is 19.9 Å². The number of amides is 1. The molecule has 0 spiro atoms. The summed E-state index contributed by atoms with van der Waals surface area (Å²) < 4.78 is 15.2. The Labute approximate surface area is 100 Å². The third kappa shape index (κ3) is 4.97. The Kier molecular flexibility index (Phi) is 5.65. The van der Waals surface area contributed by atoms with Crippen LogP contribution in [0.25, 0.3) is 0 Å². The van der Waals surface area contributed by atoms with E-state index in [0.717, 1.165) is 5.76 Å². The van der Waals surface area contributed by atoms with Gasteiger partial charge in [-0.15, -0.1) is 0 Å². The Morgan fingerprint density at radius 2 is 2.35 bits per heavy atom. The third-order valence-electron chi connectivity index (χ3n) is 2.05. The molecule has 1 aromatic heterocycles. The van der Waals surface area contributed by atoms with Gasteiger partial charge in [0.05, 0.1) is 19.4 Å². The molecule has 96 valence electrons. The predicted molar refractivity (Wildman–Crippen MR) is 60.5 cm³/mol. The van der Waals surface area contributed by atoms with Gasteiger partial charge in [-0.3, -0.25) is 4.79 Å². The summed E-state index contributed by atoms with van der Waals surface area (Å²) >= 11 is 0. The molecule has 0 aromatic carbocycles. The standard InChI is InChI=1S/C11H18N2O4/c1-8-6-12-11(17-8)9(2)13-10(14)7-16-5-4-15-3/h6,9H,4-5,7H2,1-3H3,(H,13,14). The third-order valence-corrected chi connectivity index (χ3v) is 2.05. The maximum absolute atomic E-state index is 11.5. The van der Waals surface area contributed by atoms with Crippen molar-refractivity contribution in [1.82, 2.24) is 10.3 Å². The van der Waals surface area contributed by atoms with E-state index in [9.17, 15) is 4.79 Å². The SMILES string of the molecule is COCCOCC(=O)NC(C)c1ncc(C)o1. The van der Waals surface area contributed by atoms with Crippen LogP contribution in [0.5, 0.6) is 0 Å². The van der Waals surface area contributed by atoms with Crippen molar-refractivity contribution in [3.05, 3.63) is 17.8 Å². The summed E-state index contributed by atoms with van der Waals surface area (Å²) in [5.41, 5.74) is 0. The molecule has 6 heteroatoms. The Hall–Kier alpha value is -1.40. The smallest absolute Gasteiger partial charge is 0.246 e. The number of ether oxygens (including phenoxy) is 2. The van der Waals surface area contributed by atoms with Crippen LogP contribution in [0.4, 0.5) is 0 Å². The highest BCUT2D eigenvalue weighted by molar-refractivity contribution is 5.77. The summed E-state index contributed by atoms with van der Waals surface area (Å²) in [7, 11) is 1.58. The van der Waals surface area contributed by atoms with Gasteiger partial charge in [-0.1, -0.05) is 0 Å². The highest BCUT2D eigenvalue weighted by Gasteiger charge is 2.13. The second-order valence-corrected chi connectivity index (χ2v) is 3.64. The summed E-state index contributed by atoms with van der Waals surface area (Å²) in [6.45, 7) is 4.49. The van der Waals surface area contributed by atoms with Crippen molar-refractivity contribution in [3.8, 4) is 0 Å². The molecule has 1 heterocycles. The summed E-state index contributed by atoms with van der Waals surface area (Å²) in [6, 6.07) is -0.262. The number of aryl methyl sites for hydroxylation is 1. The molecular weight excluding hydrogens is 224 g/mol. The Bertz CT molecular complexity index is 351. The Balaban J connectivity index is 2.26. The van der Waals surface area contributed by atoms with E-state index in [2.05, 4.69) is 10.3 Å². The van der Waals surface area contributed by atoms with E-state index in [1.807, 2.05) is 0 Å². The van der Waals surface area contributed by atoms with E-state index in [0.29, 0.717) is 19.1 Å². The fourth-order valence-electron chi connectivity index (χ4n) is 1.22. The van der Waals surface area contributed by atoms with E-state index in [4.69, 9.17) is 13.9 Å². The summed E-state index contributed by atoms with van der Waals surface area (Å²) in [5, 5.41) is 2.73. The minimum Gasteiger partial charge on any atom is -0.444 e. The minimum absolute atomic E-state index is 0.00733. The molecule has 0 aliphatic heterocycles. The van der Waals surface area contributed by atoms with Crippen molar-refractivity contribution in [3.63, 3.8) is 0 Å². The molecule has 1 atom stereocenters. The number of carbonyl (C=O) groups is 1. The van der Waals surface area contributed by atoms with Gasteiger partial charge in [0.15, 0.2) is 0 Å². The van der Waals surface area contributed by atoms with Gasteiger partial charge in [0.1, 0.15) is 18.4 Å². The average Bonchev–Trinajstić information content (AvgIpc) is 2.71. The van der Waals surface area contributed by atoms with E-state index < -0.39 is 0 Å². The maximum atomic E-state index is 11.5.